The first-order chi connectivity index (χ1) is 8.04. The molecule has 2 saturated heterocycles. The summed E-state index contributed by atoms with van der Waals surface area (Å²) in [6.07, 6.45) is 4.33. The fourth-order valence-corrected chi connectivity index (χ4v) is 2.74. The standard InChI is InChI=1S/C14H28N2O/c1-14(2,3)6-7-15-9-13-10-16-8-4-5-12(16)11-17-13/h12-13,15H,4-11H2,1-3H3. The van der Waals surface area contributed by atoms with Gasteiger partial charge in [-0.05, 0) is 37.8 Å². The lowest BCUT2D eigenvalue weighted by Gasteiger charge is -2.35. The van der Waals surface area contributed by atoms with Gasteiger partial charge in [0.1, 0.15) is 0 Å². The van der Waals surface area contributed by atoms with Gasteiger partial charge in [-0.2, -0.15) is 0 Å². The highest BCUT2D eigenvalue weighted by Gasteiger charge is 2.31. The van der Waals surface area contributed by atoms with E-state index in [0.717, 1.165) is 32.3 Å². The molecule has 2 aliphatic heterocycles. The van der Waals surface area contributed by atoms with Gasteiger partial charge in [0.15, 0.2) is 0 Å². The Labute approximate surface area is 106 Å². The van der Waals surface area contributed by atoms with Crippen molar-refractivity contribution in [1.82, 2.24) is 10.2 Å². The van der Waals surface area contributed by atoms with E-state index in [1.807, 2.05) is 0 Å². The monoisotopic (exact) mass is 240 g/mol. The first-order valence-corrected chi connectivity index (χ1v) is 7.11. The van der Waals surface area contributed by atoms with E-state index in [1.54, 1.807) is 0 Å². The summed E-state index contributed by atoms with van der Waals surface area (Å²) in [5.74, 6) is 0. The molecule has 2 heterocycles. The molecule has 17 heavy (non-hydrogen) atoms. The quantitative estimate of drug-likeness (QED) is 0.759. The zero-order valence-corrected chi connectivity index (χ0v) is 11.7. The van der Waals surface area contributed by atoms with Crippen molar-refractivity contribution < 1.29 is 4.74 Å². The van der Waals surface area contributed by atoms with Crippen molar-refractivity contribution in [2.45, 2.75) is 52.2 Å². The lowest BCUT2D eigenvalue weighted by molar-refractivity contribution is -0.0470. The molecule has 0 amide bonds. The molecule has 2 rings (SSSR count). The van der Waals surface area contributed by atoms with Crippen molar-refractivity contribution in [3.63, 3.8) is 0 Å². The maximum absolute atomic E-state index is 5.92. The van der Waals surface area contributed by atoms with Crippen LogP contribution in [0.5, 0.6) is 0 Å². The zero-order chi connectivity index (χ0) is 12.3. The number of rotatable bonds is 4. The number of hydrogen-bond acceptors (Lipinski definition) is 3. The summed E-state index contributed by atoms with van der Waals surface area (Å²) >= 11 is 0. The lowest BCUT2D eigenvalue weighted by atomic mass is 9.92. The third kappa shape index (κ3) is 4.23. The van der Waals surface area contributed by atoms with E-state index < -0.39 is 0 Å². The minimum absolute atomic E-state index is 0.407. The van der Waals surface area contributed by atoms with Gasteiger partial charge in [0, 0.05) is 19.1 Å². The molecule has 2 atom stereocenters. The van der Waals surface area contributed by atoms with Crippen LogP contribution in [-0.2, 0) is 4.74 Å². The van der Waals surface area contributed by atoms with Gasteiger partial charge in [-0.25, -0.2) is 0 Å². The average Bonchev–Trinajstić information content (AvgIpc) is 2.70. The van der Waals surface area contributed by atoms with Gasteiger partial charge in [0.05, 0.1) is 12.7 Å². The topological polar surface area (TPSA) is 24.5 Å². The molecular formula is C14H28N2O. The van der Waals surface area contributed by atoms with Crippen LogP contribution in [0.1, 0.15) is 40.0 Å². The molecule has 100 valence electrons. The lowest BCUT2D eigenvalue weighted by Crippen LogP contribution is -2.49. The van der Waals surface area contributed by atoms with Gasteiger partial charge in [0.25, 0.3) is 0 Å². The Hall–Kier alpha value is -0.120. The van der Waals surface area contributed by atoms with E-state index in [-0.39, 0.29) is 0 Å². The van der Waals surface area contributed by atoms with E-state index in [4.69, 9.17) is 4.74 Å². The van der Waals surface area contributed by atoms with Crippen LogP contribution >= 0.6 is 0 Å². The van der Waals surface area contributed by atoms with Crippen molar-refractivity contribution in [2.24, 2.45) is 5.41 Å². The Bertz CT molecular complexity index is 237. The highest BCUT2D eigenvalue weighted by atomic mass is 16.5. The molecule has 2 fully saturated rings. The smallest absolute Gasteiger partial charge is 0.0826 e. The molecular weight excluding hydrogens is 212 g/mol. The molecule has 0 aromatic heterocycles. The summed E-state index contributed by atoms with van der Waals surface area (Å²) in [5, 5.41) is 3.54. The van der Waals surface area contributed by atoms with E-state index in [2.05, 4.69) is 31.0 Å². The molecule has 2 aliphatic rings. The van der Waals surface area contributed by atoms with E-state index >= 15 is 0 Å². The second-order valence-electron chi connectivity index (χ2n) is 6.76. The SMILES string of the molecule is CC(C)(C)CCNCC1CN2CCCC2CO1. The number of fused-ring (bicyclic) bond motifs is 1. The van der Waals surface area contributed by atoms with E-state index in [0.29, 0.717) is 11.5 Å². The van der Waals surface area contributed by atoms with Crippen LogP contribution in [-0.4, -0.2) is 49.8 Å². The van der Waals surface area contributed by atoms with Gasteiger partial charge in [-0.15, -0.1) is 0 Å². The Balaban J connectivity index is 1.60. The molecule has 0 saturated carbocycles. The van der Waals surface area contributed by atoms with Crippen LogP contribution in [0.15, 0.2) is 0 Å². The summed E-state index contributed by atoms with van der Waals surface area (Å²) in [6, 6.07) is 0.723. The van der Waals surface area contributed by atoms with Gasteiger partial charge < -0.3 is 10.1 Å². The Morgan fingerprint density at radius 2 is 2.18 bits per heavy atom. The number of hydrogen-bond donors (Lipinski definition) is 1. The number of nitrogens with zero attached hydrogens (tertiary/aromatic N) is 1. The molecule has 2 unspecified atom stereocenters. The molecule has 0 aromatic rings. The summed E-state index contributed by atoms with van der Waals surface area (Å²) in [6.45, 7) is 12.4. The van der Waals surface area contributed by atoms with E-state index in [9.17, 15) is 0 Å². The predicted octanol–water partition coefficient (Wildman–Crippen LogP) is 1.88. The second kappa shape index (κ2) is 5.68. The molecule has 0 aliphatic carbocycles. The van der Waals surface area contributed by atoms with Gasteiger partial charge in [0.2, 0.25) is 0 Å². The van der Waals surface area contributed by atoms with Gasteiger partial charge in [-0.1, -0.05) is 20.8 Å². The zero-order valence-electron chi connectivity index (χ0n) is 11.7. The van der Waals surface area contributed by atoms with Crippen LogP contribution in [0, 0.1) is 5.41 Å². The van der Waals surface area contributed by atoms with Crippen LogP contribution < -0.4 is 5.32 Å². The largest absolute Gasteiger partial charge is 0.374 e. The summed E-state index contributed by atoms with van der Waals surface area (Å²) < 4.78 is 5.92. The summed E-state index contributed by atoms with van der Waals surface area (Å²) in [7, 11) is 0. The highest BCUT2D eigenvalue weighted by Crippen LogP contribution is 2.22. The minimum Gasteiger partial charge on any atom is -0.374 e. The molecule has 0 bridgehead atoms. The summed E-state index contributed by atoms with van der Waals surface area (Å²) in [4.78, 5) is 2.61. The van der Waals surface area contributed by atoms with Crippen LogP contribution in [0.4, 0.5) is 0 Å². The fraction of sp³-hybridized carbons (Fsp3) is 1.00. The maximum atomic E-state index is 5.92. The van der Waals surface area contributed by atoms with Crippen LogP contribution in [0.3, 0.4) is 0 Å². The first kappa shape index (κ1) is 13.3. The minimum atomic E-state index is 0.407. The van der Waals surface area contributed by atoms with Gasteiger partial charge >= 0.3 is 0 Å². The molecule has 0 aromatic carbocycles. The first-order valence-electron chi connectivity index (χ1n) is 7.11. The van der Waals surface area contributed by atoms with Crippen molar-refractivity contribution in [2.75, 3.05) is 32.8 Å². The molecule has 1 N–H and O–H groups in total. The molecule has 3 nitrogen and oxygen atoms in total. The highest BCUT2D eigenvalue weighted by molar-refractivity contribution is 4.85. The summed E-state index contributed by atoms with van der Waals surface area (Å²) in [5.41, 5.74) is 0.431. The van der Waals surface area contributed by atoms with Gasteiger partial charge in [-0.3, -0.25) is 4.90 Å². The number of nitrogens with one attached hydrogen (secondary N) is 1. The van der Waals surface area contributed by atoms with Crippen molar-refractivity contribution in [1.29, 1.82) is 0 Å². The fourth-order valence-electron chi connectivity index (χ4n) is 2.74. The normalized spacial score (nSPS) is 30.5. The number of ether oxygens (including phenoxy) is 1. The van der Waals surface area contributed by atoms with Crippen molar-refractivity contribution in [3.05, 3.63) is 0 Å². The van der Waals surface area contributed by atoms with E-state index in [1.165, 1.54) is 25.8 Å². The number of morpholine rings is 1. The predicted molar refractivity (Wildman–Crippen MR) is 71.3 cm³/mol. The second-order valence-corrected chi connectivity index (χ2v) is 6.76. The van der Waals surface area contributed by atoms with Crippen LogP contribution in [0.2, 0.25) is 0 Å². The Morgan fingerprint density at radius 3 is 2.94 bits per heavy atom. The average molecular weight is 240 g/mol. The Morgan fingerprint density at radius 1 is 1.35 bits per heavy atom. The third-order valence-corrected chi connectivity index (χ3v) is 3.89. The van der Waals surface area contributed by atoms with Crippen molar-refractivity contribution >= 4 is 0 Å². The molecule has 0 radical (unpaired) electrons. The van der Waals surface area contributed by atoms with Crippen LogP contribution in [0.25, 0.3) is 0 Å². The molecule has 0 spiro atoms. The molecule has 3 heteroatoms. The maximum Gasteiger partial charge on any atom is 0.0826 e. The Kier molecular flexibility index (Phi) is 4.45. The van der Waals surface area contributed by atoms with Crippen molar-refractivity contribution in [3.8, 4) is 0 Å². The third-order valence-electron chi connectivity index (χ3n) is 3.89.